The van der Waals surface area contributed by atoms with Gasteiger partial charge >= 0.3 is 6.03 Å². The van der Waals surface area contributed by atoms with Crippen LogP contribution >= 0.6 is 11.3 Å². The van der Waals surface area contributed by atoms with Crippen LogP contribution in [0.3, 0.4) is 0 Å². The molecule has 2 atom stereocenters. The van der Waals surface area contributed by atoms with Crippen molar-refractivity contribution in [1.82, 2.24) is 10.2 Å². The maximum atomic E-state index is 12.2. The van der Waals surface area contributed by atoms with Gasteiger partial charge in [-0.05, 0) is 39.3 Å². The number of rotatable bonds is 5. The minimum atomic E-state index is -3.11. The van der Waals surface area contributed by atoms with E-state index in [2.05, 4.69) is 11.4 Å². The summed E-state index contributed by atoms with van der Waals surface area (Å²) >= 11 is 1.70. The van der Waals surface area contributed by atoms with Gasteiger partial charge < -0.3 is 10.2 Å². The summed E-state index contributed by atoms with van der Waals surface area (Å²) in [4.78, 5) is 16.0. The Kier molecular flexibility index (Phi) is 5.81. The first-order valence-corrected chi connectivity index (χ1v) is 9.67. The molecule has 1 aromatic rings. The van der Waals surface area contributed by atoms with E-state index in [1.54, 1.807) is 25.3 Å². The minimum Gasteiger partial charge on any atom is -0.331 e. The van der Waals surface area contributed by atoms with Crippen LogP contribution in [0, 0.1) is 13.8 Å². The molecule has 0 aliphatic carbocycles. The van der Waals surface area contributed by atoms with Crippen molar-refractivity contribution in [2.45, 2.75) is 39.8 Å². The number of sulfone groups is 1. The van der Waals surface area contributed by atoms with Crippen molar-refractivity contribution in [3.05, 3.63) is 21.4 Å². The van der Waals surface area contributed by atoms with Crippen LogP contribution in [0.2, 0.25) is 0 Å². The van der Waals surface area contributed by atoms with Crippen LogP contribution in [0.15, 0.2) is 6.07 Å². The molecule has 0 aliphatic heterocycles. The van der Waals surface area contributed by atoms with E-state index in [9.17, 15) is 13.2 Å². The van der Waals surface area contributed by atoms with Gasteiger partial charge in [-0.3, -0.25) is 0 Å². The Bertz CT molecular complexity index is 608. The Hall–Kier alpha value is -1.08. The highest BCUT2D eigenvalue weighted by Gasteiger charge is 2.22. The lowest BCUT2D eigenvalue weighted by molar-refractivity contribution is 0.195. The predicted molar refractivity (Wildman–Crippen MR) is 87.7 cm³/mol. The third-order valence-electron chi connectivity index (χ3n) is 3.41. The largest absolute Gasteiger partial charge is 0.331 e. The van der Waals surface area contributed by atoms with Crippen LogP contribution in [-0.2, 0) is 9.84 Å². The number of aryl methyl sites for hydroxylation is 2. The molecule has 0 aromatic carbocycles. The number of carbonyl (C=O) groups excluding carboxylic acids is 1. The van der Waals surface area contributed by atoms with Gasteiger partial charge in [-0.15, -0.1) is 11.3 Å². The molecule has 2 amide bonds. The standard InChI is InChI=1S/C14H24N2O3S2/c1-9(8-21(6,18)19)16(5)14(17)15-11(3)13-7-10(2)20-12(13)4/h7,9,11H,8H2,1-6H3,(H,15,17)/t9-,11+/m0/s1. The van der Waals surface area contributed by atoms with Gasteiger partial charge in [0.15, 0.2) is 0 Å². The van der Waals surface area contributed by atoms with Gasteiger partial charge in [-0.1, -0.05) is 0 Å². The van der Waals surface area contributed by atoms with E-state index in [-0.39, 0.29) is 23.9 Å². The van der Waals surface area contributed by atoms with E-state index in [1.807, 2.05) is 20.8 Å². The van der Waals surface area contributed by atoms with Crippen molar-refractivity contribution in [2.24, 2.45) is 0 Å². The number of thiophene rings is 1. The van der Waals surface area contributed by atoms with Crippen molar-refractivity contribution >= 4 is 27.2 Å². The summed E-state index contributed by atoms with van der Waals surface area (Å²) in [5.41, 5.74) is 1.11. The van der Waals surface area contributed by atoms with Crippen molar-refractivity contribution in [3.8, 4) is 0 Å². The molecule has 0 bridgehead atoms. The predicted octanol–water partition coefficient (Wildman–Crippen LogP) is 2.50. The number of nitrogens with one attached hydrogen (secondary N) is 1. The van der Waals surface area contributed by atoms with Crippen LogP contribution in [0.5, 0.6) is 0 Å². The van der Waals surface area contributed by atoms with E-state index >= 15 is 0 Å². The quantitative estimate of drug-likeness (QED) is 0.901. The third kappa shape index (κ3) is 5.32. The number of carbonyl (C=O) groups is 1. The Morgan fingerprint density at radius 3 is 2.38 bits per heavy atom. The summed E-state index contributed by atoms with van der Waals surface area (Å²) < 4.78 is 22.6. The number of urea groups is 1. The molecule has 0 spiro atoms. The molecule has 0 fully saturated rings. The summed E-state index contributed by atoms with van der Waals surface area (Å²) in [5, 5.41) is 2.92. The highest BCUT2D eigenvalue weighted by Crippen LogP contribution is 2.26. The molecule has 1 N–H and O–H groups in total. The zero-order chi connectivity index (χ0) is 16.4. The first kappa shape index (κ1) is 18.0. The summed E-state index contributed by atoms with van der Waals surface area (Å²) in [6.45, 7) is 7.73. The lowest BCUT2D eigenvalue weighted by atomic mass is 10.1. The molecule has 1 aromatic heterocycles. The van der Waals surface area contributed by atoms with Gasteiger partial charge in [0.25, 0.3) is 0 Å². The fourth-order valence-corrected chi connectivity index (χ4v) is 4.32. The fourth-order valence-electron chi connectivity index (χ4n) is 2.20. The van der Waals surface area contributed by atoms with E-state index in [0.29, 0.717) is 0 Å². The monoisotopic (exact) mass is 332 g/mol. The Balaban J connectivity index is 2.70. The zero-order valence-corrected chi connectivity index (χ0v) is 15.1. The topological polar surface area (TPSA) is 66.5 Å². The molecule has 21 heavy (non-hydrogen) atoms. The van der Waals surface area contributed by atoms with Crippen LogP contribution in [0.1, 0.15) is 35.2 Å². The van der Waals surface area contributed by atoms with Crippen LogP contribution < -0.4 is 5.32 Å². The second-order valence-electron chi connectivity index (χ2n) is 5.59. The maximum absolute atomic E-state index is 12.2. The minimum absolute atomic E-state index is 0.0398. The van der Waals surface area contributed by atoms with Gasteiger partial charge in [-0.2, -0.15) is 0 Å². The molecule has 0 aliphatic rings. The fraction of sp³-hybridized carbons (Fsp3) is 0.643. The van der Waals surface area contributed by atoms with Gasteiger partial charge in [0.05, 0.1) is 11.8 Å². The molecule has 120 valence electrons. The summed E-state index contributed by atoms with van der Waals surface area (Å²) in [6, 6.07) is 1.35. The summed E-state index contributed by atoms with van der Waals surface area (Å²) in [6.07, 6.45) is 1.18. The van der Waals surface area contributed by atoms with Gasteiger partial charge in [0.2, 0.25) is 0 Å². The summed E-state index contributed by atoms with van der Waals surface area (Å²) in [5.74, 6) is -0.0398. The molecular weight excluding hydrogens is 308 g/mol. The van der Waals surface area contributed by atoms with E-state index in [1.165, 1.54) is 20.9 Å². The second-order valence-corrected chi connectivity index (χ2v) is 9.24. The molecule has 5 nitrogen and oxygen atoms in total. The maximum Gasteiger partial charge on any atom is 0.317 e. The van der Waals surface area contributed by atoms with Gasteiger partial charge in [-0.25, -0.2) is 13.2 Å². The number of amides is 2. The first-order valence-electron chi connectivity index (χ1n) is 6.79. The molecule has 7 heteroatoms. The molecule has 0 saturated carbocycles. The molecule has 1 rings (SSSR count). The molecule has 1 heterocycles. The van der Waals surface area contributed by atoms with Gasteiger partial charge in [0, 0.05) is 29.1 Å². The highest BCUT2D eigenvalue weighted by atomic mass is 32.2. The molecular formula is C14H24N2O3S2. The van der Waals surface area contributed by atoms with E-state index in [4.69, 9.17) is 0 Å². The molecule has 0 unspecified atom stereocenters. The molecule has 0 radical (unpaired) electrons. The van der Waals surface area contributed by atoms with Crippen LogP contribution in [-0.4, -0.2) is 44.4 Å². The number of nitrogens with zero attached hydrogens (tertiary/aromatic N) is 1. The Morgan fingerprint density at radius 1 is 1.38 bits per heavy atom. The highest BCUT2D eigenvalue weighted by molar-refractivity contribution is 7.90. The lowest BCUT2D eigenvalue weighted by Gasteiger charge is -2.26. The second kappa shape index (κ2) is 6.79. The van der Waals surface area contributed by atoms with Crippen LogP contribution in [0.4, 0.5) is 4.79 Å². The van der Waals surface area contributed by atoms with Crippen molar-refractivity contribution in [2.75, 3.05) is 19.1 Å². The smallest absolute Gasteiger partial charge is 0.317 e. The van der Waals surface area contributed by atoms with Crippen molar-refractivity contribution in [3.63, 3.8) is 0 Å². The normalized spacial score (nSPS) is 14.6. The van der Waals surface area contributed by atoms with Crippen LogP contribution in [0.25, 0.3) is 0 Å². The lowest BCUT2D eigenvalue weighted by Crippen LogP contribution is -2.45. The average Bonchev–Trinajstić information content (AvgIpc) is 2.65. The zero-order valence-electron chi connectivity index (χ0n) is 13.4. The number of hydrogen-bond donors (Lipinski definition) is 1. The Morgan fingerprint density at radius 2 is 1.95 bits per heavy atom. The number of hydrogen-bond acceptors (Lipinski definition) is 4. The van der Waals surface area contributed by atoms with E-state index < -0.39 is 9.84 Å². The third-order valence-corrected chi connectivity index (χ3v) is 5.48. The Labute approximate surface area is 131 Å². The molecule has 0 saturated heterocycles. The SMILES string of the molecule is Cc1cc([C@@H](C)NC(=O)N(C)[C@@H](C)CS(C)(=O)=O)c(C)s1. The van der Waals surface area contributed by atoms with Crippen molar-refractivity contribution < 1.29 is 13.2 Å². The first-order chi connectivity index (χ1) is 9.51. The van der Waals surface area contributed by atoms with E-state index in [0.717, 1.165) is 5.56 Å². The van der Waals surface area contributed by atoms with Gasteiger partial charge in [0.1, 0.15) is 9.84 Å². The average molecular weight is 332 g/mol. The summed E-state index contributed by atoms with van der Waals surface area (Å²) in [7, 11) is -1.49. The van der Waals surface area contributed by atoms with Crippen molar-refractivity contribution in [1.29, 1.82) is 0 Å².